The largest absolute Gasteiger partial charge is 0.310 e. The van der Waals surface area contributed by atoms with Gasteiger partial charge in [0.15, 0.2) is 0 Å². The summed E-state index contributed by atoms with van der Waals surface area (Å²) in [6.07, 6.45) is 0. The molecule has 0 bridgehead atoms. The fourth-order valence-corrected chi connectivity index (χ4v) is 9.73. The lowest BCUT2D eigenvalue weighted by Crippen LogP contribution is -2.10. The SMILES string of the molecule is c1ccc2c(c1)cc(-c1ccc(N(c3ccc(-c4cccc5c4sc4ccccc45)cc3)c3cc4ccccc4c4ccccc34)cc1)c1ccccc12. The Morgan fingerprint density at radius 2 is 0.796 bits per heavy atom. The van der Waals surface area contributed by atoms with Gasteiger partial charge in [-0.15, -0.1) is 11.3 Å². The molecule has 252 valence electrons. The smallest absolute Gasteiger partial charge is 0.0546 e. The van der Waals surface area contributed by atoms with Crippen molar-refractivity contribution in [3.63, 3.8) is 0 Å². The van der Waals surface area contributed by atoms with Gasteiger partial charge in [-0.2, -0.15) is 0 Å². The molecule has 1 heterocycles. The van der Waals surface area contributed by atoms with Gasteiger partial charge in [0.25, 0.3) is 0 Å². The first kappa shape index (κ1) is 30.8. The van der Waals surface area contributed by atoms with E-state index in [-0.39, 0.29) is 0 Å². The summed E-state index contributed by atoms with van der Waals surface area (Å²) >= 11 is 1.88. The van der Waals surface area contributed by atoms with E-state index in [0.29, 0.717) is 0 Å². The van der Waals surface area contributed by atoms with Crippen LogP contribution in [0.15, 0.2) is 200 Å². The Hall–Kier alpha value is -6.74. The zero-order chi connectivity index (χ0) is 35.6. The molecule has 0 N–H and O–H groups in total. The minimum absolute atomic E-state index is 1.11. The van der Waals surface area contributed by atoms with Gasteiger partial charge in [0.05, 0.1) is 5.69 Å². The van der Waals surface area contributed by atoms with E-state index in [4.69, 9.17) is 0 Å². The van der Waals surface area contributed by atoms with Gasteiger partial charge in [-0.25, -0.2) is 0 Å². The number of anilines is 3. The van der Waals surface area contributed by atoms with Gasteiger partial charge in [0, 0.05) is 36.9 Å². The molecule has 0 saturated heterocycles. The van der Waals surface area contributed by atoms with E-state index in [0.717, 1.165) is 17.1 Å². The summed E-state index contributed by atoms with van der Waals surface area (Å²) in [7, 11) is 0. The molecule has 0 spiro atoms. The lowest BCUT2D eigenvalue weighted by molar-refractivity contribution is 1.30. The van der Waals surface area contributed by atoms with Gasteiger partial charge >= 0.3 is 0 Å². The van der Waals surface area contributed by atoms with Gasteiger partial charge in [0.1, 0.15) is 0 Å². The molecule has 0 amide bonds. The summed E-state index contributed by atoms with van der Waals surface area (Å²) in [4.78, 5) is 2.43. The highest BCUT2D eigenvalue weighted by Crippen LogP contribution is 2.45. The molecule has 0 aliphatic carbocycles. The van der Waals surface area contributed by atoms with E-state index in [9.17, 15) is 0 Å². The molecule has 2 heteroatoms. The van der Waals surface area contributed by atoms with Crippen LogP contribution in [0, 0.1) is 0 Å². The Labute approximate surface area is 317 Å². The van der Waals surface area contributed by atoms with Crippen molar-refractivity contribution >= 4 is 91.7 Å². The number of hydrogen-bond acceptors (Lipinski definition) is 2. The average Bonchev–Trinajstić information content (AvgIpc) is 3.63. The van der Waals surface area contributed by atoms with Crippen LogP contribution in [0.5, 0.6) is 0 Å². The van der Waals surface area contributed by atoms with Crippen LogP contribution in [-0.2, 0) is 0 Å². The van der Waals surface area contributed by atoms with Crippen molar-refractivity contribution in [3.8, 4) is 22.3 Å². The van der Waals surface area contributed by atoms with E-state index in [1.807, 2.05) is 11.3 Å². The Kier molecular flexibility index (Phi) is 7.11. The molecule has 11 aromatic rings. The number of hydrogen-bond donors (Lipinski definition) is 0. The first-order chi connectivity index (χ1) is 26.8. The Morgan fingerprint density at radius 3 is 1.46 bits per heavy atom. The molecular formula is C52H33NS. The molecule has 0 saturated carbocycles. The van der Waals surface area contributed by atoms with E-state index in [1.54, 1.807) is 0 Å². The van der Waals surface area contributed by atoms with Crippen LogP contribution in [0.25, 0.3) is 85.5 Å². The topological polar surface area (TPSA) is 3.24 Å². The zero-order valence-corrected chi connectivity index (χ0v) is 30.2. The lowest BCUT2D eigenvalue weighted by atomic mass is 9.93. The second kappa shape index (κ2) is 12.4. The second-order valence-corrected chi connectivity index (χ2v) is 15.1. The van der Waals surface area contributed by atoms with Crippen molar-refractivity contribution in [2.75, 3.05) is 4.90 Å². The van der Waals surface area contributed by atoms with Crippen LogP contribution in [0.3, 0.4) is 0 Å². The van der Waals surface area contributed by atoms with Crippen molar-refractivity contribution < 1.29 is 0 Å². The predicted octanol–water partition coefficient (Wildman–Crippen LogP) is 15.5. The maximum absolute atomic E-state index is 2.43. The second-order valence-electron chi connectivity index (χ2n) is 14.1. The molecule has 0 aliphatic rings. The Bertz CT molecular complexity index is 3210. The van der Waals surface area contributed by atoms with E-state index in [2.05, 4.69) is 205 Å². The molecule has 0 aliphatic heterocycles. The summed E-state index contributed by atoms with van der Waals surface area (Å²) in [6.45, 7) is 0. The highest BCUT2D eigenvalue weighted by Gasteiger charge is 2.19. The summed E-state index contributed by atoms with van der Waals surface area (Å²) in [5, 5.41) is 12.7. The molecule has 0 unspecified atom stereocenters. The standard InChI is InChI=1S/C52H33NS/c1-3-14-40-36(12-1)32-49(45-18-6-5-16-43(40)45)35-26-30-39(31-27-35)53(50-33-37-13-2-4-15-41(37)44-17-7-8-19-46(44)50)38-28-24-34(25-29-38)42-21-11-22-48-47-20-9-10-23-51(47)54-52(42)48/h1-33H. The van der Waals surface area contributed by atoms with Gasteiger partial charge in [0.2, 0.25) is 0 Å². The average molecular weight is 704 g/mol. The molecule has 0 atom stereocenters. The third kappa shape index (κ3) is 4.92. The molecule has 1 nitrogen and oxygen atoms in total. The van der Waals surface area contributed by atoms with Gasteiger partial charge in [-0.1, -0.05) is 158 Å². The summed E-state index contributed by atoms with van der Waals surface area (Å²) in [6, 6.07) is 73.5. The molecule has 0 radical (unpaired) electrons. The number of benzene rings is 10. The van der Waals surface area contributed by atoms with E-state index < -0.39 is 0 Å². The molecule has 1 aromatic heterocycles. The van der Waals surface area contributed by atoms with Crippen molar-refractivity contribution in [3.05, 3.63) is 200 Å². The molecule has 54 heavy (non-hydrogen) atoms. The highest BCUT2D eigenvalue weighted by atomic mass is 32.1. The third-order valence-corrected chi connectivity index (χ3v) is 12.3. The number of thiophene rings is 1. The van der Waals surface area contributed by atoms with Crippen LogP contribution in [-0.4, -0.2) is 0 Å². The fraction of sp³-hybridized carbons (Fsp3) is 0. The lowest BCUT2D eigenvalue weighted by Gasteiger charge is -2.28. The maximum Gasteiger partial charge on any atom is 0.0546 e. The summed E-state index contributed by atoms with van der Waals surface area (Å²) < 4.78 is 2.66. The first-order valence-electron chi connectivity index (χ1n) is 18.5. The number of fused-ring (bicyclic) bond motifs is 9. The molecule has 11 rings (SSSR count). The van der Waals surface area contributed by atoms with Crippen molar-refractivity contribution in [1.82, 2.24) is 0 Å². The van der Waals surface area contributed by atoms with Crippen molar-refractivity contribution in [2.45, 2.75) is 0 Å². The molecular weight excluding hydrogens is 671 g/mol. The van der Waals surface area contributed by atoms with Gasteiger partial charge < -0.3 is 4.90 Å². The van der Waals surface area contributed by atoms with Crippen molar-refractivity contribution in [1.29, 1.82) is 0 Å². The summed E-state index contributed by atoms with van der Waals surface area (Å²) in [5.74, 6) is 0. The first-order valence-corrected chi connectivity index (χ1v) is 19.3. The van der Waals surface area contributed by atoms with E-state index in [1.165, 1.54) is 85.5 Å². The van der Waals surface area contributed by atoms with Crippen LogP contribution in [0.2, 0.25) is 0 Å². The van der Waals surface area contributed by atoms with Gasteiger partial charge in [-0.05, 0) is 102 Å². The predicted molar refractivity (Wildman–Crippen MR) is 235 cm³/mol. The highest BCUT2D eigenvalue weighted by molar-refractivity contribution is 7.26. The third-order valence-electron chi connectivity index (χ3n) is 11.0. The number of nitrogens with zero attached hydrogens (tertiary/aromatic N) is 1. The normalized spacial score (nSPS) is 11.7. The molecule has 0 fully saturated rings. The van der Waals surface area contributed by atoms with Crippen LogP contribution in [0.4, 0.5) is 17.1 Å². The Morgan fingerprint density at radius 1 is 0.315 bits per heavy atom. The van der Waals surface area contributed by atoms with E-state index >= 15 is 0 Å². The quantitative estimate of drug-likeness (QED) is 0.161. The fourth-order valence-electron chi connectivity index (χ4n) is 8.49. The van der Waals surface area contributed by atoms with Crippen molar-refractivity contribution in [2.24, 2.45) is 0 Å². The maximum atomic E-state index is 2.43. The van der Waals surface area contributed by atoms with Gasteiger partial charge in [-0.3, -0.25) is 0 Å². The monoisotopic (exact) mass is 703 g/mol. The molecule has 10 aromatic carbocycles. The van der Waals surface area contributed by atoms with Crippen LogP contribution in [0.1, 0.15) is 0 Å². The summed E-state index contributed by atoms with van der Waals surface area (Å²) in [5.41, 5.74) is 8.34. The minimum Gasteiger partial charge on any atom is -0.310 e. The van der Waals surface area contributed by atoms with Crippen LogP contribution < -0.4 is 4.90 Å². The zero-order valence-electron chi connectivity index (χ0n) is 29.4. The Balaban J connectivity index is 1.08. The number of rotatable bonds is 5. The minimum atomic E-state index is 1.11. The van der Waals surface area contributed by atoms with Crippen LogP contribution >= 0.6 is 11.3 Å².